The molecule has 0 saturated heterocycles. The Kier molecular flexibility index (Phi) is 11.0. The van der Waals surface area contributed by atoms with Crippen molar-refractivity contribution in [2.24, 2.45) is 0 Å². The fourth-order valence-electron chi connectivity index (χ4n) is 4.02. The van der Waals surface area contributed by atoms with Crippen LogP contribution in [0.1, 0.15) is 52.6 Å². The normalized spacial score (nSPS) is 14.6. The molecule has 0 aliphatic heterocycles. The van der Waals surface area contributed by atoms with E-state index in [0.29, 0.717) is 18.4 Å². The van der Waals surface area contributed by atoms with Crippen molar-refractivity contribution in [1.29, 1.82) is 0 Å². The van der Waals surface area contributed by atoms with Crippen molar-refractivity contribution < 1.29 is 28.2 Å². The van der Waals surface area contributed by atoms with Gasteiger partial charge in [0.25, 0.3) is 11.8 Å². The van der Waals surface area contributed by atoms with Crippen LogP contribution >= 0.6 is 11.3 Å². The van der Waals surface area contributed by atoms with Gasteiger partial charge >= 0.3 is 0 Å². The molecule has 3 aromatic rings. The molecular weight excluding hydrogens is 540 g/mol. The molecule has 12 heteroatoms. The third kappa shape index (κ3) is 9.43. The Morgan fingerprint density at radius 1 is 0.923 bits per heavy atom. The summed E-state index contributed by atoms with van der Waals surface area (Å²) in [4.78, 5) is 29.9. The Balaban J connectivity index is 1.81. The van der Waals surface area contributed by atoms with E-state index < -0.39 is 40.2 Å². The molecule has 210 valence electrons. The van der Waals surface area contributed by atoms with Crippen molar-refractivity contribution in [1.82, 2.24) is 15.6 Å². The first-order valence-electron chi connectivity index (χ1n) is 12.6. The van der Waals surface area contributed by atoms with Crippen LogP contribution < -0.4 is 15.4 Å². The van der Waals surface area contributed by atoms with Crippen molar-refractivity contribution in [2.45, 2.75) is 56.9 Å². The molecule has 1 heterocycles. The number of nitrogens with zero attached hydrogens (tertiary/aromatic N) is 1. The summed E-state index contributed by atoms with van der Waals surface area (Å²) in [5.74, 6) is -1.02. The molecule has 4 unspecified atom stereocenters. The lowest BCUT2D eigenvalue weighted by molar-refractivity contribution is -0.0238. The standard InChI is InChI=1S/C27H34N4O6S2/c1-3-4-15-20(28-25(34)19-13-9-6-10-14-19)23(32)24(33)21(16-18-11-7-5-8-12-18)29-26(35)22-17-38-27(30-22)31-39(2,36)37/h5-14,17,20-21,23-24,32-33H,3-4,15-16H2,1-2H3,(H,28,34)(H,29,35)(H,30,31). The molecule has 0 aliphatic rings. The lowest BCUT2D eigenvalue weighted by Crippen LogP contribution is -2.56. The third-order valence-corrected chi connectivity index (χ3v) is 7.47. The highest BCUT2D eigenvalue weighted by molar-refractivity contribution is 7.92. The smallest absolute Gasteiger partial charge is 0.271 e. The van der Waals surface area contributed by atoms with Crippen molar-refractivity contribution in [3.8, 4) is 0 Å². The minimum atomic E-state index is -3.57. The molecule has 3 rings (SSSR count). The number of unbranched alkanes of at least 4 members (excludes halogenated alkanes) is 1. The average Bonchev–Trinajstić information content (AvgIpc) is 3.37. The van der Waals surface area contributed by atoms with Gasteiger partial charge < -0.3 is 20.8 Å². The number of hydrogen-bond acceptors (Lipinski definition) is 8. The van der Waals surface area contributed by atoms with Crippen molar-refractivity contribution in [3.63, 3.8) is 0 Å². The van der Waals surface area contributed by atoms with Gasteiger partial charge in [0.05, 0.1) is 18.3 Å². The molecule has 0 saturated carbocycles. The SMILES string of the molecule is CCCCC(NC(=O)c1ccccc1)C(O)C(O)C(Cc1ccccc1)NC(=O)c1csc(NS(C)(=O)=O)n1. The number of aromatic nitrogens is 1. The van der Waals surface area contributed by atoms with E-state index in [1.54, 1.807) is 30.3 Å². The summed E-state index contributed by atoms with van der Waals surface area (Å²) in [6, 6.07) is 16.0. The number of amides is 2. The minimum Gasteiger partial charge on any atom is -0.388 e. The molecule has 5 N–H and O–H groups in total. The molecule has 10 nitrogen and oxygen atoms in total. The van der Waals surface area contributed by atoms with Gasteiger partial charge in [-0.05, 0) is 30.5 Å². The molecule has 0 bridgehead atoms. The molecule has 2 aromatic carbocycles. The largest absolute Gasteiger partial charge is 0.388 e. The predicted octanol–water partition coefficient (Wildman–Crippen LogP) is 2.57. The van der Waals surface area contributed by atoms with Gasteiger partial charge in [-0.2, -0.15) is 0 Å². The summed E-state index contributed by atoms with van der Waals surface area (Å²) < 4.78 is 25.2. The second kappa shape index (κ2) is 14.2. The number of rotatable bonds is 14. The van der Waals surface area contributed by atoms with Crippen molar-refractivity contribution in [3.05, 3.63) is 82.9 Å². The highest BCUT2D eigenvalue weighted by Crippen LogP contribution is 2.19. The molecule has 0 radical (unpaired) electrons. The quantitative estimate of drug-likeness (QED) is 0.198. The van der Waals surface area contributed by atoms with E-state index in [0.717, 1.165) is 29.6 Å². The maximum Gasteiger partial charge on any atom is 0.271 e. The van der Waals surface area contributed by atoms with Crippen LogP contribution in [0.15, 0.2) is 66.0 Å². The Hall–Kier alpha value is -3.32. The van der Waals surface area contributed by atoms with Crippen molar-refractivity contribution >= 4 is 38.3 Å². The van der Waals surface area contributed by atoms with Gasteiger partial charge in [-0.1, -0.05) is 68.3 Å². The minimum absolute atomic E-state index is 0.0334. The van der Waals surface area contributed by atoms with Crippen LogP contribution in [-0.4, -0.2) is 66.0 Å². The van der Waals surface area contributed by atoms with Gasteiger partial charge in [-0.3, -0.25) is 14.3 Å². The maximum atomic E-state index is 13.0. The zero-order valence-electron chi connectivity index (χ0n) is 21.8. The molecule has 1 aromatic heterocycles. The Labute approximate surface area is 232 Å². The number of hydrogen-bond donors (Lipinski definition) is 5. The Morgan fingerprint density at radius 3 is 2.13 bits per heavy atom. The number of carbonyl (C=O) groups is 2. The van der Waals surface area contributed by atoms with E-state index in [9.17, 15) is 28.2 Å². The van der Waals surface area contributed by atoms with Crippen LogP contribution in [0.3, 0.4) is 0 Å². The average molecular weight is 575 g/mol. The second-order valence-corrected chi connectivity index (χ2v) is 11.9. The predicted molar refractivity (Wildman–Crippen MR) is 151 cm³/mol. The zero-order chi connectivity index (χ0) is 28.4. The number of nitrogens with one attached hydrogen (secondary N) is 3. The van der Waals surface area contributed by atoms with Crippen LogP contribution in [0, 0.1) is 0 Å². The number of thiazole rings is 1. The molecule has 4 atom stereocenters. The lowest BCUT2D eigenvalue weighted by atomic mass is 9.91. The highest BCUT2D eigenvalue weighted by atomic mass is 32.2. The van der Waals surface area contributed by atoms with Crippen LogP contribution in [0.5, 0.6) is 0 Å². The Bertz CT molecular complexity index is 1320. The summed E-state index contributed by atoms with van der Waals surface area (Å²) in [5.41, 5.74) is 1.20. The number of carbonyl (C=O) groups excluding carboxylic acids is 2. The first-order valence-corrected chi connectivity index (χ1v) is 15.3. The van der Waals surface area contributed by atoms with E-state index in [1.807, 2.05) is 37.3 Å². The number of aliphatic hydroxyl groups is 2. The van der Waals surface area contributed by atoms with E-state index in [2.05, 4.69) is 20.3 Å². The maximum absolute atomic E-state index is 13.0. The molecule has 0 spiro atoms. The van der Waals surface area contributed by atoms with Gasteiger partial charge in [0.1, 0.15) is 17.9 Å². The van der Waals surface area contributed by atoms with Crippen LogP contribution in [0.2, 0.25) is 0 Å². The topological polar surface area (TPSA) is 158 Å². The third-order valence-electron chi connectivity index (χ3n) is 6.02. The second-order valence-electron chi connectivity index (χ2n) is 9.25. The molecular formula is C27H34N4O6S2. The van der Waals surface area contributed by atoms with E-state index in [4.69, 9.17) is 0 Å². The van der Waals surface area contributed by atoms with Gasteiger partial charge in [-0.25, -0.2) is 13.4 Å². The first-order chi connectivity index (χ1) is 18.6. The van der Waals surface area contributed by atoms with E-state index in [1.165, 1.54) is 5.38 Å². The molecule has 2 amide bonds. The summed E-state index contributed by atoms with van der Waals surface area (Å²) in [6.45, 7) is 1.98. The molecule has 0 aliphatic carbocycles. The summed E-state index contributed by atoms with van der Waals surface area (Å²) in [5, 5.41) is 29.6. The number of sulfonamides is 1. The summed E-state index contributed by atoms with van der Waals surface area (Å²) in [6.07, 6.45) is 0.276. The van der Waals surface area contributed by atoms with E-state index >= 15 is 0 Å². The highest BCUT2D eigenvalue weighted by Gasteiger charge is 2.34. The Morgan fingerprint density at radius 2 is 1.51 bits per heavy atom. The molecule has 39 heavy (non-hydrogen) atoms. The summed E-state index contributed by atoms with van der Waals surface area (Å²) >= 11 is 0.948. The van der Waals surface area contributed by atoms with Crippen LogP contribution in [0.25, 0.3) is 0 Å². The van der Waals surface area contributed by atoms with Gasteiger partial charge in [0, 0.05) is 10.9 Å². The number of anilines is 1. The fourth-order valence-corrected chi connectivity index (χ4v) is 5.56. The van der Waals surface area contributed by atoms with Gasteiger partial charge in [0.2, 0.25) is 10.0 Å². The van der Waals surface area contributed by atoms with Crippen LogP contribution in [-0.2, 0) is 16.4 Å². The van der Waals surface area contributed by atoms with Crippen LogP contribution in [0.4, 0.5) is 5.13 Å². The fraction of sp³-hybridized carbons (Fsp3) is 0.370. The number of aliphatic hydroxyl groups excluding tert-OH is 2. The zero-order valence-corrected chi connectivity index (χ0v) is 23.4. The van der Waals surface area contributed by atoms with Crippen molar-refractivity contribution in [2.75, 3.05) is 11.0 Å². The monoisotopic (exact) mass is 574 g/mol. The van der Waals surface area contributed by atoms with Gasteiger partial charge in [-0.15, -0.1) is 11.3 Å². The summed E-state index contributed by atoms with van der Waals surface area (Å²) in [7, 11) is -3.57. The lowest BCUT2D eigenvalue weighted by Gasteiger charge is -2.33. The van der Waals surface area contributed by atoms with E-state index in [-0.39, 0.29) is 23.2 Å². The first kappa shape index (κ1) is 30.2. The number of benzene rings is 2. The van der Waals surface area contributed by atoms with Gasteiger partial charge in [0.15, 0.2) is 5.13 Å². The molecule has 0 fully saturated rings.